The fourth-order valence-electron chi connectivity index (χ4n) is 1.62. The van der Waals surface area contributed by atoms with Gasteiger partial charge in [-0.1, -0.05) is 0 Å². The number of aliphatic hydroxyl groups is 1. The molecule has 1 atom stereocenters. The second kappa shape index (κ2) is 4.21. The maximum absolute atomic E-state index is 9.08. The molecule has 0 aromatic rings. The number of hydrogen-bond acceptors (Lipinski definition) is 3. The first-order chi connectivity index (χ1) is 5.63. The Labute approximate surface area is 74.5 Å². The minimum Gasteiger partial charge on any atom is -0.393 e. The van der Waals surface area contributed by atoms with Gasteiger partial charge in [-0.05, 0) is 32.7 Å². The molecule has 0 aliphatic heterocycles. The first-order valence-electron chi connectivity index (χ1n) is 4.71. The van der Waals surface area contributed by atoms with Crippen LogP contribution in [0.5, 0.6) is 0 Å². The average Bonchev–Trinajstić information content (AvgIpc) is 2.00. The molecule has 0 aromatic carbocycles. The van der Waals surface area contributed by atoms with Gasteiger partial charge in [0.05, 0.1) is 6.10 Å². The molecule has 1 unspecified atom stereocenters. The molecular weight excluding hydrogens is 152 g/mol. The Balaban J connectivity index is 2.14. The van der Waals surface area contributed by atoms with E-state index in [0.717, 1.165) is 19.4 Å². The van der Waals surface area contributed by atoms with Crippen molar-refractivity contribution in [2.45, 2.75) is 31.9 Å². The molecule has 0 spiro atoms. The summed E-state index contributed by atoms with van der Waals surface area (Å²) in [6.45, 7) is 3.93. The van der Waals surface area contributed by atoms with E-state index in [0.29, 0.717) is 18.5 Å². The summed E-state index contributed by atoms with van der Waals surface area (Å²) < 4.78 is 0. The Hall–Kier alpha value is -0.120. The van der Waals surface area contributed by atoms with Crippen LogP contribution >= 0.6 is 0 Å². The standard InChI is InChI=1S/C9H20N2O/c1-7(5-10)11(2)6-8-3-9(12)4-8/h7-9,12H,3-6,10H2,1-2H3. The van der Waals surface area contributed by atoms with E-state index in [1.54, 1.807) is 0 Å². The monoisotopic (exact) mass is 172 g/mol. The SMILES string of the molecule is CC(CN)N(C)CC1CC(O)C1. The lowest BCUT2D eigenvalue weighted by molar-refractivity contribution is 0.0237. The summed E-state index contributed by atoms with van der Waals surface area (Å²) in [7, 11) is 2.10. The van der Waals surface area contributed by atoms with Crippen LogP contribution in [0.1, 0.15) is 19.8 Å². The van der Waals surface area contributed by atoms with Crippen molar-refractivity contribution in [1.29, 1.82) is 0 Å². The number of hydrogen-bond donors (Lipinski definition) is 2. The predicted octanol–water partition coefficient (Wildman–Crippen LogP) is 0.0363. The van der Waals surface area contributed by atoms with Crippen LogP contribution in [0.3, 0.4) is 0 Å². The van der Waals surface area contributed by atoms with Crippen LogP contribution in [0, 0.1) is 5.92 Å². The Morgan fingerprint density at radius 1 is 1.58 bits per heavy atom. The molecule has 1 aliphatic rings. The zero-order chi connectivity index (χ0) is 9.14. The number of likely N-dealkylation sites (N-methyl/N-ethyl adjacent to an activating group) is 1. The van der Waals surface area contributed by atoms with Crippen LogP contribution in [0.15, 0.2) is 0 Å². The van der Waals surface area contributed by atoms with Crippen LogP contribution in [-0.2, 0) is 0 Å². The van der Waals surface area contributed by atoms with Gasteiger partial charge in [-0.25, -0.2) is 0 Å². The molecule has 0 bridgehead atoms. The van der Waals surface area contributed by atoms with Crippen molar-refractivity contribution in [1.82, 2.24) is 4.90 Å². The van der Waals surface area contributed by atoms with Gasteiger partial charge in [0, 0.05) is 19.1 Å². The van der Waals surface area contributed by atoms with Gasteiger partial charge in [0.1, 0.15) is 0 Å². The fourth-order valence-corrected chi connectivity index (χ4v) is 1.62. The van der Waals surface area contributed by atoms with Crippen LogP contribution in [0.4, 0.5) is 0 Å². The second-order valence-corrected chi connectivity index (χ2v) is 4.02. The first-order valence-corrected chi connectivity index (χ1v) is 4.71. The van der Waals surface area contributed by atoms with Crippen LogP contribution < -0.4 is 5.73 Å². The van der Waals surface area contributed by atoms with Crippen molar-refractivity contribution in [3.8, 4) is 0 Å². The third-order valence-corrected chi connectivity index (χ3v) is 2.85. The average molecular weight is 172 g/mol. The zero-order valence-corrected chi connectivity index (χ0v) is 8.03. The van der Waals surface area contributed by atoms with Gasteiger partial charge >= 0.3 is 0 Å². The van der Waals surface area contributed by atoms with E-state index in [-0.39, 0.29) is 6.10 Å². The van der Waals surface area contributed by atoms with Gasteiger partial charge in [0.25, 0.3) is 0 Å². The topological polar surface area (TPSA) is 49.5 Å². The summed E-state index contributed by atoms with van der Waals surface area (Å²) in [5, 5.41) is 9.08. The molecule has 0 saturated heterocycles. The summed E-state index contributed by atoms with van der Waals surface area (Å²) in [6, 6.07) is 0.461. The Morgan fingerprint density at radius 2 is 2.17 bits per heavy atom. The molecular formula is C9H20N2O. The van der Waals surface area contributed by atoms with E-state index in [4.69, 9.17) is 10.8 Å². The molecule has 3 nitrogen and oxygen atoms in total. The van der Waals surface area contributed by atoms with Gasteiger partial charge in [0.15, 0.2) is 0 Å². The molecule has 1 rings (SSSR count). The Kier molecular flexibility index (Phi) is 3.50. The van der Waals surface area contributed by atoms with Gasteiger partial charge in [-0.15, -0.1) is 0 Å². The molecule has 1 aliphatic carbocycles. The summed E-state index contributed by atoms with van der Waals surface area (Å²) >= 11 is 0. The lowest BCUT2D eigenvalue weighted by Crippen LogP contribution is -2.42. The predicted molar refractivity (Wildman–Crippen MR) is 49.9 cm³/mol. The summed E-state index contributed by atoms with van der Waals surface area (Å²) in [5.41, 5.74) is 5.54. The molecule has 1 saturated carbocycles. The van der Waals surface area contributed by atoms with Crippen molar-refractivity contribution < 1.29 is 5.11 Å². The zero-order valence-electron chi connectivity index (χ0n) is 8.03. The Morgan fingerprint density at radius 3 is 2.58 bits per heavy atom. The number of nitrogens with two attached hydrogens (primary N) is 1. The highest BCUT2D eigenvalue weighted by Gasteiger charge is 2.28. The molecule has 1 fully saturated rings. The first kappa shape index (κ1) is 9.96. The van der Waals surface area contributed by atoms with Crippen LogP contribution in [0.25, 0.3) is 0 Å². The number of aliphatic hydroxyl groups excluding tert-OH is 1. The van der Waals surface area contributed by atoms with Gasteiger partial charge in [-0.3, -0.25) is 0 Å². The third-order valence-electron chi connectivity index (χ3n) is 2.85. The lowest BCUT2D eigenvalue weighted by atomic mass is 9.82. The van der Waals surface area contributed by atoms with E-state index in [9.17, 15) is 0 Å². The maximum Gasteiger partial charge on any atom is 0.0546 e. The molecule has 0 heterocycles. The van der Waals surface area contributed by atoms with Gasteiger partial charge in [-0.2, -0.15) is 0 Å². The molecule has 0 radical (unpaired) electrons. The largest absolute Gasteiger partial charge is 0.393 e. The number of nitrogens with zero attached hydrogens (tertiary/aromatic N) is 1. The minimum absolute atomic E-state index is 0.0309. The van der Waals surface area contributed by atoms with Crippen LogP contribution in [0.2, 0.25) is 0 Å². The summed E-state index contributed by atoms with van der Waals surface area (Å²) in [5.74, 6) is 0.694. The summed E-state index contributed by atoms with van der Waals surface area (Å²) in [4.78, 5) is 2.27. The molecule has 12 heavy (non-hydrogen) atoms. The lowest BCUT2D eigenvalue weighted by Gasteiger charge is -2.36. The van der Waals surface area contributed by atoms with E-state index in [1.807, 2.05) is 0 Å². The van der Waals surface area contributed by atoms with Crippen LogP contribution in [-0.4, -0.2) is 42.3 Å². The molecule has 72 valence electrons. The molecule has 0 amide bonds. The van der Waals surface area contributed by atoms with E-state index < -0.39 is 0 Å². The maximum atomic E-state index is 9.08. The third kappa shape index (κ3) is 2.44. The summed E-state index contributed by atoms with van der Waals surface area (Å²) in [6.07, 6.45) is 1.92. The van der Waals surface area contributed by atoms with E-state index in [2.05, 4.69) is 18.9 Å². The highest BCUT2D eigenvalue weighted by molar-refractivity contribution is 4.81. The Bertz CT molecular complexity index is 134. The second-order valence-electron chi connectivity index (χ2n) is 4.02. The van der Waals surface area contributed by atoms with Gasteiger partial charge in [0.2, 0.25) is 0 Å². The van der Waals surface area contributed by atoms with Crippen molar-refractivity contribution in [2.24, 2.45) is 11.7 Å². The molecule has 3 N–H and O–H groups in total. The van der Waals surface area contributed by atoms with Crippen molar-refractivity contribution in [3.63, 3.8) is 0 Å². The quantitative estimate of drug-likeness (QED) is 0.629. The van der Waals surface area contributed by atoms with Crippen molar-refractivity contribution in [2.75, 3.05) is 20.1 Å². The number of rotatable bonds is 4. The smallest absolute Gasteiger partial charge is 0.0546 e. The van der Waals surface area contributed by atoms with E-state index >= 15 is 0 Å². The van der Waals surface area contributed by atoms with Crippen molar-refractivity contribution in [3.05, 3.63) is 0 Å². The fraction of sp³-hybridized carbons (Fsp3) is 1.00. The highest BCUT2D eigenvalue weighted by atomic mass is 16.3. The molecule has 3 heteroatoms. The van der Waals surface area contributed by atoms with Crippen molar-refractivity contribution >= 4 is 0 Å². The minimum atomic E-state index is -0.0309. The normalized spacial score (nSPS) is 31.8. The van der Waals surface area contributed by atoms with Gasteiger partial charge < -0.3 is 15.7 Å². The highest BCUT2D eigenvalue weighted by Crippen LogP contribution is 2.27. The molecule has 0 aromatic heterocycles. The van der Waals surface area contributed by atoms with E-state index in [1.165, 1.54) is 0 Å².